The fraction of sp³-hybridized carbons (Fsp3) is 0.344. The molecule has 1 aliphatic rings. The lowest BCUT2D eigenvalue weighted by Gasteiger charge is -2.45. The van der Waals surface area contributed by atoms with Crippen LogP contribution >= 0.6 is 0 Å². The second-order valence-corrected chi connectivity index (χ2v) is 11.1. The van der Waals surface area contributed by atoms with Gasteiger partial charge in [0.05, 0.1) is 29.7 Å². The average Bonchev–Trinajstić information content (AvgIpc) is 3.32. The molecule has 1 fully saturated rings. The molecule has 1 saturated heterocycles. The summed E-state index contributed by atoms with van der Waals surface area (Å²) in [6.45, 7) is 9.24. The first-order valence-corrected chi connectivity index (χ1v) is 12.9. The standard InChI is InChI=1S/C32H36N2O3/c1-31(2)20-25(21-32(3,4)37-31)27-19-29(34(33-27)28-13-9-10-14-30(28)35-5)24-15-17-26(18-16-24)36-22-23-11-7-6-8-12-23/h6-19,25H,20-22H2,1-5H3. The van der Waals surface area contributed by atoms with Gasteiger partial charge in [0.25, 0.3) is 0 Å². The molecule has 0 atom stereocenters. The third kappa shape index (κ3) is 5.72. The highest BCUT2D eigenvalue weighted by molar-refractivity contribution is 5.65. The quantitative estimate of drug-likeness (QED) is 0.265. The Morgan fingerprint density at radius 2 is 1.51 bits per heavy atom. The van der Waals surface area contributed by atoms with E-state index in [2.05, 4.69) is 58.0 Å². The van der Waals surface area contributed by atoms with Gasteiger partial charge >= 0.3 is 0 Å². The minimum absolute atomic E-state index is 0.210. The number of hydrogen-bond donors (Lipinski definition) is 0. The van der Waals surface area contributed by atoms with E-state index in [1.54, 1.807) is 7.11 Å². The Morgan fingerprint density at radius 3 is 2.19 bits per heavy atom. The van der Waals surface area contributed by atoms with Crippen molar-refractivity contribution >= 4 is 0 Å². The van der Waals surface area contributed by atoms with E-state index in [0.717, 1.165) is 52.5 Å². The number of aromatic nitrogens is 2. The summed E-state index contributed by atoms with van der Waals surface area (Å²) in [5, 5.41) is 5.17. The lowest BCUT2D eigenvalue weighted by molar-refractivity contribution is -0.162. The van der Waals surface area contributed by atoms with Crippen LogP contribution in [0.15, 0.2) is 84.9 Å². The fourth-order valence-corrected chi connectivity index (χ4v) is 5.56. The van der Waals surface area contributed by atoms with Crippen LogP contribution in [0.5, 0.6) is 11.5 Å². The molecule has 0 bridgehead atoms. The topological polar surface area (TPSA) is 45.5 Å². The Balaban J connectivity index is 1.50. The molecule has 0 saturated carbocycles. The zero-order valence-electron chi connectivity index (χ0n) is 22.4. The van der Waals surface area contributed by atoms with Crippen LogP contribution in [0.2, 0.25) is 0 Å². The third-order valence-electron chi connectivity index (χ3n) is 6.89. The average molecular weight is 497 g/mol. The lowest BCUT2D eigenvalue weighted by atomic mass is 9.79. The summed E-state index contributed by atoms with van der Waals surface area (Å²) in [6.07, 6.45) is 1.84. The van der Waals surface area contributed by atoms with E-state index in [1.807, 2.05) is 59.3 Å². The Morgan fingerprint density at radius 1 is 0.865 bits per heavy atom. The summed E-state index contributed by atoms with van der Waals surface area (Å²) >= 11 is 0. The highest BCUT2D eigenvalue weighted by atomic mass is 16.5. The molecule has 0 radical (unpaired) electrons. The number of hydrogen-bond acceptors (Lipinski definition) is 4. The van der Waals surface area contributed by atoms with E-state index in [4.69, 9.17) is 19.3 Å². The van der Waals surface area contributed by atoms with Crippen molar-refractivity contribution in [1.29, 1.82) is 0 Å². The molecular formula is C32H36N2O3. The molecule has 5 nitrogen and oxygen atoms in total. The molecule has 192 valence electrons. The molecule has 0 N–H and O–H groups in total. The molecule has 5 heteroatoms. The van der Waals surface area contributed by atoms with Gasteiger partial charge in [0.2, 0.25) is 0 Å². The van der Waals surface area contributed by atoms with E-state index in [0.29, 0.717) is 12.5 Å². The zero-order valence-corrected chi connectivity index (χ0v) is 22.4. The van der Waals surface area contributed by atoms with Crippen molar-refractivity contribution in [1.82, 2.24) is 9.78 Å². The summed E-state index contributed by atoms with van der Waals surface area (Å²) in [7, 11) is 1.70. The Hall–Kier alpha value is -3.57. The molecule has 0 unspecified atom stereocenters. The summed E-state index contributed by atoms with van der Waals surface area (Å²) in [4.78, 5) is 0. The number of ether oxygens (including phenoxy) is 3. The van der Waals surface area contributed by atoms with Gasteiger partial charge in [-0.2, -0.15) is 5.10 Å². The highest BCUT2D eigenvalue weighted by Crippen LogP contribution is 2.44. The predicted molar refractivity (Wildman–Crippen MR) is 148 cm³/mol. The van der Waals surface area contributed by atoms with Crippen LogP contribution in [0.4, 0.5) is 0 Å². The number of rotatable bonds is 7. The van der Waals surface area contributed by atoms with Gasteiger partial charge in [-0.25, -0.2) is 4.68 Å². The summed E-state index contributed by atoms with van der Waals surface area (Å²) in [6, 6.07) is 28.7. The monoisotopic (exact) mass is 496 g/mol. The summed E-state index contributed by atoms with van der Waals surface area (Å²) < 4.78 is 20.1. The molecule has 0 spiro atoms. The number of nitrogens with zero attached hydrogens (tertiary/aromatic N) is 2. The first-order valence-electron chi connectivity index (χ1n) is 12.9. The van der Waals surface area contributed by atoms with Crippen LogP contribution in [-0.4, -0.2) is 28.1 Å². The van der Waals surface area contributed by atoms with Crippen molar-refractivity contribution in [2.75, 3.05) is 7.11 Å². The van der Waals surface area contributed by atoms with E-state index in [9.17, 15) is 0 Å². The van der Waals surface area contributed by atoms with Crippen molar-refractivity contribution in [2.24, 2.45) is 0 Å². The van der Waals surface area contributed by atoms with Crippen LogP contribution < -0.4 is 9.47 Å². The van der Waals surface area contributed by atoms with Gasteiger partial charge in [-0.15, -0.1) is 0 Å². The van der Waals surface area contributed by atoms with Gasteiger partial charge in [-0.3, -0.25) is 0 Å². The van der Waals surface area contributed by atoms with Crippen LogP contribution in [0.1, 0.15) is 57.7 Å². The van der Waals surface area contributed by atoms with Gasteiger partial charge in [0.1, 0.15) is 23.8 Å². The zero-order chi connectivity index (χ0) is 26.0. The Bertz CT molecular complexity index is 1320. The molecule has 2 heterocycles. The smallest absolute Gasteiger partial charge is 0.144 e. The van der Waals surface area contributed by atoms with E-state index >= 15 is 0 Å². The molecular weight excluding hydrogens is 460 g/mol. The van der Waals surface area contributed by atoms with Gasteiger partial charge < -0.3 is 14.2 Å². The SMILES string of the molecule is COc1ccccc1-n1nc(C2CC(C)(C)OC(C)(C)C2)cc1-c1ccc(OCc2ccccc2)cc1. The lowest BCUT2D eigenvalue weighted by Crippen LogP contribution is -2.44. The minimum atomic E-state index is -0.210. The second kappa shape index (κ2) is 10.1. The van der Waals surface area contributed by atoms with Crippen molar-refractivity contribution < 1.29 is 14.2 Å². The maximum atomic E-state index is 6.36. The largest absolute Gasteiger partial charge is 0.494 e. The highest BCUT2D eigenvalue weighted by Gasteiger charge is 2.41. The van der Waals surface area contributed by atoms with Crippen LogP contribution in [0, 0.1) is 0 Å². The molecule has 37 heavy (non-hydrogen) atoms. The predicted octanol–water partition coefficient (Wildman–Crippen LogP) is 7.58. The van der Waals surface area contributed by atoms with Crippen LogP contribution in [-0.2, 0) is 11.3 Å². The molecule has 5 rings (SSSR count). The number of benzene rings is 3. The van der Waals surface area contributed by atoms with Gasteiger partial charge in [0.15, 0.2) is 0 Å². The molecule has 4 aromatic rings. The normalized spacial score (nSPS) is 16.9. The van der Waals surface area contributed by atoms with E-state index in [-0.39, 0.29) is 11.2 Å². The molecule has 1 aromatic heterocycles. The van der Waals surface area contributed by atoms with Gasteiger partial charge in [0, 0.05) is 11.5 Å². The second-order valence-electron chi connectivity index (χ2n) is 11.1. The Kier molecular flexibility index (Phi) is 6.82. The van der Waals surface area contributed by atoms with Crippen molar-refractivity contribution in [3.8, 4) is 28.4 Å². The van der Waals surface area contributed by atoms with Gasteiger partial charge in [-0.05, 0) is 88.6 Å². The van der Waals surface area contributed by atoms with Crippen molar-refractivity contribution in [3.05, 3.63) is 96.2 Å². The number of para-hydroxylation sites is 2. The number of methoxy groups -OCH3 is 1. The molecule has 3 aromatic carbocycles. The van der Waals surface area contributed by atoms with Crippen molar-refractivity contribution in [2.45, 2.75) is 64.3 Å². The van der Waals surface area contributed by atoms with Crippen LogP contribution in [0.3, 0.4) is 0 Å². The third-order valence-corrected chi connectivity index (χ3v) is 6.89. The maximum absolute atomic E-state index is 6.36. The summed E-state index contributed by atoms with van der Waals surface area (Å²) in [5.74, 6) is 1.92. The van der Waals surface area contributed by atoms with E-state index in [1.165, 1.54) is 0 Å². The first kappa shape index (κ1) is 25.1. The first-order chi connectivity index (χ1) is 17.7. The molecule has 0 aliphatic carbocycles. The molecule has 0 amide bonds. The fourth-order valence-electron chi connectivity index (χ4n) is 5.56. The van der Waals surface area contributed by atoms with Gasteiger partial charge in [-0.1, -0.05) is 42.5 Å². The Labute approximate surface area is 220 Å². The molecule has 1 aliphatic heterocycles. The van der Waals surface area contributed by atoms with E-state index < -0.39 is 0 Å². The summed E-state index contributed by atoms with van der Waals surface area (Å²) in [5.41, 5.74) is 4.82. The van der Waals surface area contributed by atoms with Crippen LogP contribution in [0.25, 0.3) is 16.9 Å². The maximum Gasteiger partial charge on any atom is 0.144 e. The minimum Gasteiger partial charge on any atom is -0.494 e. The van der Waals surface area contributed by atoms with Crippen molar-refractivity contribution in [3.63, 3.8) is 0 Å².